The van der Waals surface area contributed by atoms with Gasteiger partial charge in [0, 0.05) is 18.5 Å². The summed E-state index contributed by atoms with van der Waals surface area (Å²) in [6, 6.07) is 14.1. The largest absolute Gasteiger partial charge is 0.385 e. The first-order valence-corrected chi connectivity index (χ1v) is 8.89. The highest BCUT2D eigenvalue weighted by Crippen LogP contribution is 2.20. The molecule has 0 aliphatic heterocycles. The van der Waals surface area contributed by atoms with Crippen molar-refractivity contribution < 1.29 is 8.42 Å². The highest BCUT2D eigenvalue weighted by Gasteiger charge is 2.06. The minimum atomic E-state index is -3.15. The number of nitrogens with zero attached hydrogens (tertiary/aromatic N) is 1. The summed E-state index contributed by atoms with van der Waals surface area (Å²) in [6.45, 7) is 0.681. The van der Waals surface area contributed by atoms with Gasteiger partial charge in [-0.05, 0) is 42.3 Å². The van der Waals surface area contributed by atoms with Crippen molar-refractivity contribution in [1.29, 1.82) is 5.26 Å². The number of nitrogens with one attached hydrogen (secondary N) is 1. The molecule has 6 heteroatoms. The molecule has 0 fully saturated rings. The Morgan fingerprint density at radius 3 is 2.41 bits per heavy atom. The van der Waals surface area contributed by atoms with Gasteiger partial charge in [0.15, 0.2) is 9.84 Å². The fourth-order valence-corrected chi connectivity index (χ4v) is 2.82. The molecule has 0 atom stereocenters. The SMILES string of the molecule is CS(=O)(=O)c1ccc(CCNc2ccc(C#N)c(Cl)c2)cc1. The van der Waals surface area contributed by atoms with Crippen LogP contribution in [0.1, 0.15) is 11.1 Å². The van der Waals surface area contributed by atoms with E-state index >= 15 is 0 Å². The van der Waals surface area contributed by atoms with Crippen molar-refractivity contribution in [2.24, 2.45) is 0 Å². The highest BCUT2D eigenvalue weighted by molar-refractivity contribution is 7.90. The Morgan fingerprint density at radius 1 is 1.18 bits per heavy atom. The molecule has 1 N–H and O–H groups in total. The van der Waals surface area contributed by atoms with Crippen LogP contribution in [-0.4, -0.2) is 21.2 Å². The summed E-state index contributed by atoms with van der Waals surface area (Å²) >= 11 is 5.97. The van der Waals surface area contributed by atoms with Gasteiger partial charge in [-0.3, -0.25) is 0 Å². The van der Waals surface area contributed by atoms with Gasteiger partial charge in [0.25, 0.3) is 0 Å². The Labute approximate surface area is 135 Å². The van der Waals surface area contributed by atoms with Crippen LogP contribution in [0.25, 0.3) is 0 Å². The van der Waals surface area contributed by atoms with Gasteiger partial charge in [0.05, 0.1) is 15.5 Å². The Kier molecular flexibility index (Phi) is 5.07. The fourth-order valence-electron chi connectivity index (χ4n) is 1.97. The first-order chi connectivity index (χ1) is 10.4. The van der Waals surface area contributed by atoms with E-state index in [1.807, 2.05) is 18.2 Å². The molecule has 0 amide bonds. The van der Waals surface area contributed by atoms with Gasteiger partial charge >= 0.3 is 0 Å². The Hall–Kier alpha value is -2.03. The molecule has 2 aromatic carbocycles. The average molecular weight is 335 g/mol. The number of nitriles is 1. The molecule has 0 aliphatic carbocycles. The van der Waals surface area contributed by atoms with Gasteiger partial charge in [-0.15, -0.1) is 0 Å². The van der Waals surface area contributed by atoms with E-state index in [1.54, 1.807) is 30.3 Å². The zero-order valence-corrected chi connectivity index (χ0v) is 13.6. The van der Waals surface area contributed by atoms with Crippen LogP contribution in [0.5, 0.6) is 0 Å². The van der Waals surface area contributed by atoms with E-state index in [0.29, 0.717) is 22.0 Å². The topological polar surface area (TPSA) is 70.0 Å². The van der Waals surface area contributed by atoms with Gasteiger partial charge in [0.1, 0.15) is 6.07 Å². The van der Waals surface area contributed by atoms with E-state index in [4.69, 9.17) is 16.9 Å². The minimum absolute atomic E-state index is 0.322. The average Bonchev–Trinajstić information content (AvgIpc) is 2.47. The molecule has 0 radical (unpaired) electrons. The van der Waals surface area contributed by atoms with E-state index in [-0.39, 0.29) is 0 Å². The summed E-state index contributed by atoms with van der Waals surface area (Å²) in [5, 5.41) is 12.5. The van der Waals surface area contributed by atoms with Gasteiger partial charge in [-0.1, -0.05) is 23.7 Å². The smallest absolute Gasteiger partial charge is 0.175 e. The summed E-state index contributed by atoms with van der Waals surface area (Å²) in [5.74, 6) is 0. The fraction of sp³-hybridized carbons (Fsp3) is 0.188. The van der Waals surface area contributed by atoms with Crippen molar-refractivity contribution in [1.82, 2.24) is 0 Å². The van der Waals surface area contributed by atoms with Crippen LogP contribution in [0, 0.1) is 11.3 Å². The Bertz CT molecular complexity index is 809. The minimum Gasteiger partial charge on any atom is -0.385 e. The second kappa shape index (κ2) is 6.82. The maximum atomic E-state index is 11.4. The first-order valence-electron chi connectivity index (χ1n) is 6.62. The number of rotatable bonds is 5. The van der Waals surface area contributed by atoms with E-state index < -0.39 is 9.84 Å². The zero-order valence-electron chi connectivity index (χ0n) is 12.0. The summed E-state index contributed by atoms with van der Waals surface area (Å²) in [4.78, 5) is 0.322. The third-order valence-electron chi connectivity index (χ3n) is 3.18. The third kappa shape index (κ3) is 4.23. The highest BCUT2D eigenvalue weighted by atomic mass is 35.5. The molecule has 22 heavy (non-hydrogen) atoms. The Balaban J connectivity index is 1.94. The molecule has 0 aromatic heterocycles. The second-order valence-corrected chi connectivity index (χ2v) is 7.32. The lowest BCUT2D eigenvalue weighted by Crippen LogP contribution is -2.05. The molecule has 0 saturated carbocycles. The summed E-state index contributed by atoms with van der Waals surface area (Å²) < 4.78 is 22.8. The quantitative estimate of drug-likeness (QED) is 0.911. The summed E-state index contributed by atoms with van der Waals surface area (Å²) in [5.41, 5.74) is 2.33. The van der Waals surface area contributed by atoms with Crippen molar-refractivity contribution in [3.8, 4) is 6.07 Å². The van der Waals surface area contributed by atoms with Gasteiger partial charge in [-0.2, -0.15) is 5.26 Å². The van der Waals surface area contributed by atoms with Gasteiger partial charge in [-0.25, -0.2) is 8.42 Å². The normalized spacial score (nSPS) is 11.0. The van der Waals surface area contributed by atoms with Crippen LogP contribution < -0.4 is 5.32 Å². The summed E-state index contributed by atoms with van der Waals surface area (Å²) in [7, 11) is -3.15. The number of anilines is 1. The molecule has 0 spiro atoms. The van der Waals surface area contributed by atoms with Crippen molar-refractivity contribution in [2.45, 2.75) is 11.3 Å². The van der Waals surface area contributed by atoms with E-state index in [0.717, 1.165) is 17.7 Å². The molecule has 0 bridgehead atoms. The van der Waals surface area contributed by atoms with E-state index in [1.165, 1.54) is 6.26 Å². The molecule has 2 aromatic rings. The molecule has 0 aliphatic rings. The molecule has 4 nitrogen and oxygen atoms in total. The van der Waals surface area contributed by atoms with Crippen LogP contribution in [0.15, 0.2) is 47.4 Å². The van der Waals surface area contributed by atoms with E-state index in [9.17, 15) is 8.42 Å². The monoisotopic (exact) mass is 334 g/mol. The second-order valence-electron chi connectivity index (χ2n) is 4.90. The lowest BCUT2D eigenvalue weighted by atomic mass is 10.1. The maximum absolute atomic E-state index is 11.4. The van der Waals surface area contributed by atoms with Crippen molar-refractivity contribution in [3.05, 3.63) is 58.6 Å². The van der Waals surface area contributed by atoms with Crippen LogP contribution in [0.2, 0.25) is 5.02 Å². The van der Waals surface area contributed by atoms with Gasteiger partial charge in [0.2, 0.25) is 0 Å². The molecule has 114 valence electrons. The van der Waals surface area contributed by atoms with E-state index in [2.05, 4.69) is 5.32 Å². The number of benzene rings is 2. The molecule has 0 heterocycles. The Morgan fingerprint density at radius 2 is 1.86 bits per heavy atom. The molecular formula is C16H15ClN2O2S. The van der Waals surface area contributed by atoms with Crippen LogP contribution in [-0.2, 0) is 16.3 Å². The van der Waals surface area contributed by atoms with Crippen LogP contribution in [0.3, 0.4) is 0 Å². The van der Waals surface area contributed by atoms with Crippen molar-refractivity contribution in [3.63, 3.8) is 0 Å². The number of sulfone groups is 1. The maximum Gasteiger partial charge on any atom is 0.175 e. The lowest BCUT2D eigenvalue weighted by Gasteiger charge is -2.08. The predicted octanol–water partition coefficient (Wildman–Crippen LogP) is 3.27. The van der Waals surface area contributed by atoms with Crippen LogP contribution in [0.4, 0.5) is 5.69 Å². The predicted molar refractivity (Wildman–Crippen MR) is 87.9 cm³/mol. The molecule has 0 unspecified atom stereocenters. The van der Waals surface area contributed by atoms with Gasteiger partial charge < -0.3 is 5.32 Å². The standard InChI is InChI=1S/C16H15ClN2O2S/c1-22(20,21)15-6-2-12(3-7-15)8-9-19-14-5-4-13(11-18)16(17)10-14/h2-7,10,19H,8-9H2,1H3. The third-order valence-corrected chi connectivity index (χ3v) is 4.63. The number of hydrogen-bond donors (Lipinski definition) is 1. The zero-order chi connectivity index (χ0) is 16.2. The number of halogens is 1. The van der Waals surface area contributed by atoms with Crippen molar-refractivity contribution in [2.75, 3.05) is 18.1 Å². The molecule has 2 rings (SSSR count). The summed E-state index contributed by atoms with van der Waals surface area (Å²) in [6.07, 6.45) is 1.94. The number of hydrogen-bond acceptors (Lipinski definition) is 4. The first kappa shape index (κ1) is 16.3. The van der Waals surface area contributed by atoms with Crippen molar-refractivity contribution >= 4 is 27.1 Å². The lowest BCUT2D eigenvalue weighted by molar-refractivity contribution is 0.602. The van der Waals surface area contributed by atoms with Crippen LogP contribution >= 0.6 is 11.6 Å². The molecular weight excluding hydrogens is 320 g/mol. The molecule has 0 saturated heterocycles.